The first-order chi connectivity index (χ1) is 19.3. The molecule has 7 nitrogen and oxygen atoms in total. The molecule has 3 aromatic carbocycles. The first kappa shape index (κ1) is 29.3. The average molecular weight is 582 g/mol. The lowest BCUT2D eigenvalue weighted by atomic mass is 10.1. The Balaban J connectivity index is 1.41. The van der Waals surface area contributed by atoms with Crippen LogP contribution in [0.25, 0.3) is 10.9 Å². The highest BCUT2D eigenvalue weighted by Crippen LogP contribution is 2.44. The number of nitrogens with zero attached hydrogens (tertiary/aromatic N) is 1. The lowest BCUT2D eigenvalue weighted by Crippen LogP contribution is -2.37. The Kier molecular flexibility index (Phi) is 9.96. The van der Waals surface area contributed by atoms with Crippen LogP contribution in [0.4, 0.5) is 10.5 Å². The van der Waals surface area contributed by atoms with Gasteiger partial charge in [-0.15, -0.1) is 0 Å². The molecule has 0 radical (unpaired) electrons. The van der Waals surface area contributed by atoms with Crippen molar-refractivity contribution in [3.05, 3.63) is 88.0 Å². The number of ether oxygens (including phenoxy) is 2. The molecule has 0 aliphatic heterocycles. The van der Waals surface area contributed by atoms with Gasteiger partial charge in [-0.25, -0.2) is 4.79 Å². The van der Waals surface area contributed by atoms with Crippen molar-refractivity contribution in [2.45, 2.75) is 45.7 Å². The van der Waals surface area contributed by atoms with E-state index in [0.29, 0.717) is 33.8 Å². The van der Waals surface area contributed by atoms with Gasteiger partial charge in [0.1, 0.15) is 5.75 Å². The Morgan fingerprint density at radius 1 is 1.02 bits per heavy atom. The molecule has 0 saturated carbocycles. The fourth-order valence-electron chi connectivity index (χ4n) is 4.48. The van der Waals surface area contributed by atoms with Gasteiger partial charge in [0.05, 0.1) is 39.8 Å². The zero-order valence-corrected chi connectivity index (χ0v) is 24.6. The molecule has 1 heterocycles. The molecular formula is C31H34Cl2N4O3. The van der Waals surface area contributed by atoms with Crippen molar-refractivity contribution in [1.82, 2.24) is 15.6 Å². The van der Waals surface area contributed by atoms with E-state index in [9.17, 15) is 4.79 Å². The molecule has 2 unspecified atom stereocenters. The number of fused-ring (bicyclic) bond motifs is 1. The summed E-state index contributed by atoms with van der Waals surface area (Å²) in [6, 6.07) is 18.7. The van der Waals surface area contributed by atoms with E-state index in [4.69, 9.17) is 32.7 Å². The minimum atomic E-state index is -0.176. The molecule has 0 aliphatic carbocycles. The lowest BCUT2D eigenvalue weighted by Gasteiger charge is -2.21. The SMILES string of the molecule is COc1cc(NC(C)CCCNC(=O)NC(C)c2ccccc2)c2nccc(C)c2c1Oc1ccc(Cl)c(Cl)c1. The van der Waals surface area contributed by atoms with Crippen molar-refractivity contribution in [1.29, 1.82) is 0 Å². The number of urea groups is 1. The summed E-state index contributed by atoms with van der Waals surface area (Å²) in [5, 5.41) is 11.2. The molecule has 4 rings (SSSR count). The highest BCUT2D eigenvalue weighted by atomic mass is 35.5. The number of aromatic nitrogens is 1. The van der Waals surface area contributed by atoms with Gasteiger partial charge in [-0.2, -0.15) is 0 Å². The van der Waals surface area contributed by atoms with E-state index in [-0.39, 0.29) is 18.1 Å². The minimum Gasteiger partial charge on any atom is -0.493 e. The second kappa shape index (κ2) is 13.6. The Hall–Kier alpha value is -3.68. The van der Waals surface area contributed by atoms with Crippen molar-refractivity contribution in [3.8, 4) is 17.2 Å². The summed E-state index contributed by atoms with van der Waals surface area (Å²) in [6.07, 6.45) is 3.43. The molecule has 2 amide bonds. The Morgan fingerprint density at radius 3 is 2.52 bits per heavy atom. The second-order valence-electron chi connectivity index (χ2n) is 9.71. The van der Waals surface area contributed by atoms with Crippen LogP contribution in [0, 0.1) is 6.92 Å². The van der Waals surface area contributed by atoms with Crippen LogP contribution in [0.1, 0.15) is 43.9 Å². The third-order valence-electron chi connectivity index (χ3n) is 6.62. The number of halogens is 2. The van der Waals surface area contributed by atoms with Crippen molar-refractivity contribution >= 4 is 45.8 Å². The maximum Gasteiger partial charge on any atom is 0.315 e. The first-order valence-corrected chi connectivity index (χ1v) is 14.0. The number of amides is 2. The van der Waals surface area contributed by atoms with Crippen LogP contribution in [-0.4, -0.2) is 30.7 Å². The second-order valence-corrected chi connectivity index (χ2v) is 10.5. The topological polar surface area (TPSA) is 84.5 Å². The van der Waals surface area contributed by atoms with E-state index in [0.717, 1.165) is 40.6 Å². The molecule has 0 aliphatic rings. The number of benzene rings is 3. The Bertz CT molecular complexity index is 1470. The number of carbonyl (C=O) groups excluding carboxylic acids is 1. The van der Waals surface area contributed by atoms with Gasteiger partial charge in [-0.05, 0) is 62.9 Å². The third-order valence-corrected chi connectivity index (χ3v) is 7.36. The van der Waals surface area contributed by atoms with Crippen molar-refractivity contribution in [2.75, 3.05) is 19.0 Å². The maximum absolute atomic E-state index is 12.3. The summed E-state index contributed by atoms with van der Waals surface area (Å²) in [5.74, 6) is 1.66. The Morgan fingerprint density at radius 2 is 1.80 bits per heavy atom. The van der Waals surface area contributed by atoms with Crippen molar-refractivity contribution in [2.24, 2.45) is 0 Å². The van der Waals surface area contributed by atoms with Gasteiger partial charge < -0.3 is 25.4 Å². The van der Waals surface area contributed by atoms with Gasteiger partial charge >= 0.3 is 6.03 Å². The third kappa shape index (κ3) is 7.29. The normalized spacial score (nSPS) is 12.4. The quantitative estimate of drug-likeness (QED) is 0.155. The molecule has 0 saturated heterocycles. The Labute approximate surface area is 245 Å². The smallest absolute Gasteiger partial charge is 0.315 e. The van der Waals surface area contributed by atoms with Crippen LogP contribution >= 0.6 is 23.2 Å². The van der Waals surface area contributed by atoms with Gasteiger partial charge in [0.15, 0.2) is 11.5 Å². The fraction of sp³-hybridized carbons (Fsp3) is 0.290. The number of rotatable bonds is 11. The number of anilines is 1. The van der Waals surface area contributed by atoms with Crippen LogP contribution in [-0.2, 0) is 0 Å². The molecule has 2 atom stereocenters. The van der Waals surface area contributed by atoms with Gasteiger partial charge in [0.2, 0.25) is 0 Å². The van der Waals surface area contributed by atoms with E-state index >= 15 is 0 Å². The average Bonchev–Trinajstić information content (AvgIpc) is 2.94. The number of nitrogens with one attached hydrogen (secondary N) is 3. The lowest BCUT2D eigenvalue weighted by molar-refractivity contribution is 0.237. The summed E-state index contributed by atoms with van der Waals surface area (Å²) in [5.41, 5.74) is 3.67. The summed E-state index contributed by atoms with van der Waals surface area (Å²) in [7, 11) is 1.61. The van der Waals surface area contributed by atoms with Crippen LogP contribution < -0.4 is 25.4 Å². The fourth-order valence-corrected chi connectivity index (χ4v) is 4.77. The minimum absolute atomic E-state index is 0.0652. The predicted octanol–water partition coefficient (Wildman–Crippen LogP) is 8.29. The standard InChI is InChI=1S/C31H34Cl2N4O3/c1-19-14-16-34-29-26(18-27(39-4)30(28(19)29)40-23-12-13-24(32)25(33)17-23)36-20(2)9-8-15-35-31(38)37-21(3)22-10-6-5-7-11-22/h5-7,10-14,16-18,20-21,36H,8-9,15H2,1-4H3,(H2,35,37,38). The summed E-state index contributed by atoms with van der Waals surface area (Å²) >= 11 is 12.3. The van der Waals surface area contributed by atoms with Crippen LogP contribution in [0.2, 0.25) is 10.0 Å². The molecule has 9 heteroatoms. The largest absolute Gasteiger partial charge is 0.493 e. The molecule has 4 aromatic rings. The van der Waals surface area contributed by atoms with Gasteiger partial charge in [-0.1, -0.05) is 53.5 Å². The number of aryl methyl sites for hydroxylation is 1. The predicted molar refractivity (Wildman–Crippen MR) is 163 cm³/mol. The molecule has 1 aromatic heterocycles. The molecule has 3 N–H and O–H groups in total. The zero-order chi connectivity index (χ0) is 28.6. The molecule has 0 spiro atoms. The molecule has 210 valence electrons. The van der Waals surface area contributed by atoms with Crippen LogP contribution in [0.15, 0.2) is 66.9 Å². The first-order valence-electron chi connectivity index (χ1n) is 13.2. The number of methoxy groups -OCH3 is 1. The number of pyridine rings is 1. The van der Waals surface area contributed by atoms with Crippen LogP contribution in [0.3, 0.4) is 0 Å². The highest BCUT2D eigenvalue weighted by molar-refractivity contribution is 6.42. The molecule has 0 fully saturated rings. The molecule has 40 heavy (non-hydrogen) atoms. The maximum atomic E-state index is 12.3. The van der Waals surface area contributed by atoms with Crippen LogP contribution in [0.5, 0.6) is 17.2 Å². The van der Waals surface area contributed by atoms with Crippen molar-refractivity contribution in [3.63, 3.8) is 0 Å². The number of hydrogen-bond donors (Lipinski definition) is 3. The zero-order valence-electron chi connectivity index (χ0n) is 23.1. The van der Waals surface area contributed by atoms with Gasteiger partial charge in [-0.3, -0.25) is 4.98 Å². The summed E-state index contributed by atoms with van der Waals surface area (Å²) < 4.78 is 12.0. The van der Waals surface area contributed by atoms with Crippen molar-refractivity contribution < 1.29 is 14.3 Å². The van der Waals surface area contributed by atoms with E-state index in [2.05, 4.69) is 27.9 Å². The monoisotopic (exact) mass is 580 g/mol. The van der Waals surface area contributed by atoms with E-state index in [1.165, 1.54) is 0 Å². The van der Waals surface area contributed by atoms with Gasteiger partial charge in [0, 0.05) is 30.9 Å². The van der Waals surface area contributed by atoms with E-state index < -0.39 is 0 Å². The molecular weight excluding hydrogens is 547 g/mol. The highest BCUT2D eigenvalue weighted by Gasteiger charge is 2.19. The van der Waals surface area contributed by atoms with E-state index in [1.807, 2.05) is 56.3 Å². The summed E-state index contributed by atoms with van der Waals surface area (Å²) in [4.78, 5) is 17.0. The summed E-state index contributed by atoms with van der Waals surface area (Å²) in [6.45, 7) is 6.65. The number of carbonyl (C=O) groups is 1. The molecule has 0 bridgehead atoms. The number of hydrogen-bond acceptors (Lipinski definition) is 5. The van der Waals surface area contributed by atoms with Gasteiger partial charge in [0.25, 0.3) is 0 Å². The van der Waals surface area contributed by atoms with E-state index in [1.54, 1.807) is 31.5 Å².